The first-order chi connectivity index (χ1) is 33.8. The van der Waals surface area contributed by atoms with Crippen LogP contribution in [0.25, 0.3) is 0 Å². The molecular formula is C68H44Sn. The molecule has 8 aromatic rings. The number of hydrogen-bond acceptors (Lipinski definition) is 0. The Morgan fingerprint density at radius 1 is 0.188 bits per heavy atom. The van der Waals surface area contributed by atoms with Crippen LogP contribution in [0.15, 0.2) is 194 Å². The Kier molecular flexibility index (Phi) is 15.5. The predicted molar refractivity (Wildman–Crippen MR) is 290 cm³/mol. The van der Waals surface area contributed by atoms with Gasteiger partial charge in [-0.05, 0) is 27.7 Å². The molecule has 0 heterocycles. The first kappa shape index (κ1) is 46.6. The molecular weight excluding hydrogens is 935 g/mol. The standard InChI is InChI=1S/4C17H11.Sn/c4*1-15-11-13-17(14-12-15)10-6-5-9-16-7-3-2-4-8-16;/h4*3-4,7-8,11-14H,1H3;. The van der Waals surface area contributed by atoms with E-state index in [0.29, 0.717) is 0 Å². The van der Waals surface area contributed by atoms with E-state index >= 15 is 0 Å². The van der Waals surface area contributed by atoms with Gasteiger partial charge < -0.3 is 0 Å². The number of aryl methyl sites for hydroxylation is 4. The van der Waals surface area contributed by atoms with E-state index in [0.717, 1.165) is 44.5 Å². The van der Waals surface area contributed by atoms with Crippen LogP contribution in [-0.2, 0) is 0 Å². The fourth-order valence-corrected chi connectivity index (χ4v) is 20.9. The molecule has 0 atom stereocenters. The van der Waals surface area contributed by atoms with Crippen LogP contribution in [0.2, 0.25) is 0 Å². The molecule has 0 unspecified atom stereocenters. The van der Waals surface area contributed by atoms with Gasteiger partial charge in [-0.2, -0.15) is 0 Å². The van der Waals surface area contributed by atoms with Crippen molar-refractivity contribution in [1.29, 1.82) is 0 Å². The van der Waals surface area contributed by atoms with Crippen LogP contribution in [0.5, 0.6) is 0 Å². The van der Waals surface area contributed by atoms with Crippen molar-refractivity contribution >= 4 is 32.7 Å². The van der Waals surface area contributed by atoms with Gasteiger partial charge in [-0.3, -0.25) is 0 Å². The van der Waals surface area contributed by atoms with E-state index in [4.69, 9.17) is 0 Å². The van der Waals surface area contributed by atoms with Crippen LogP contribution in [0.1, 0.15) is 66.8 Å². The summed E-state index contributed by atoms with van der Waals surface area (Å²) in [6.07, 6.45) is 0. The Balaban J connectivity index is 1.21. The van der Waals surface area contributed by atoms with Gasteiger partial charge in [0, 0.05) is 0 Å². The summed E-state index contributed by atoms with van der Waals surface area (Å²) in [6.45, 7) is 8.27. The zero-order chi connectivity index (χ0) is 47.7. The molecule has 0 amide bonds. The van der Waals surface area contributed by atoms with Gasteiger partial charge in [0.15, 0.2) is 0 Å². The summed E-state index contributed by atoms with van der Waals surface area (Å²) in [5.74, 6) is 50.2. The molecule has 0 aliphatic rings. The zero-order valence-electron chi connectivity index (χ0n) is 39.0. The summed E-state index contributed by atoms with van der Waals surface area (Å²) in [4.78, 5) is 0. The van der Waals surface area contributed by atoms with Gasteiger partial charge in [-0.25, -0.2) is 0 Å². The van der Waals surface area contributed by atoms with Gasteiger partial charge in [-0.1, -0.05) is 0 Å². The second-order valence-electron chi connectivity index (χ2n) is 16.5. The zero-order valence-corrected chi connectivity index (χ0v) is 41.8. The van der Waals surface area contributed by atoms with Crippen LogP contribution in [0.4, 0.5) is 0 Å². The molecule has 0 saturated carbocycles. The molecule has 0 nitrogen and oxygen atoms in total. The molecule has 0 spiro atoms. The Hall–Kier alpha value is -8.96. The second-order valence-corrected chi connectivity index (χ2v) is 27.4. The molecule has 0 aliphatic heterocycles. The average molecular weight is 980 g/mol. The molecule has 0 saturated heterocycles. The van der Waals surface area contributed by atoms with E-state index in [1.54, 1.807) is 0 Å². The van der Waals surface area contributed by atoms with Crippen molar-refractivity contribution in [3.8, 4) is 94.7 Å². The second kappa shape index (κ2) is 23.0. The third kappa shape index (κ3) is 12.7. The summed E-state index contributed by atoms with van der Waals surface area (Å²) < 4.78 is 5.03. The van der Waals surface area contributed by atoms with E-state index in [9.17, 15) is 0 Å². The molecule has 0 radical (unpaired) electrons. The maximum absolute atomic E-state index is 4.20. The summed E-state index contributed by atoms with van der Waals surface area (Å²) >= 11 is -4.20. The first-order valence-electron chi connectivity index (χ1n) is 22.6. The van der Waals surface area contributed by atoms with E-state index in [1.165, 1.54) is 36.6 Å². The van der Waals surface area contributed by atoms with Crippen molar-refractivity contribution in [1.82, 2.24) is 0 Å². The van der Waals surface area contributed by atoms with Gasteiger partial charge in [0.2, 0.25) is 0 Å². The Morgan fingerprint density at radius 3 is 0.464 bits per heavy atom. The van der Waals surface area contributed by atoms with Crippen molar-refractivity contribution < 1.29 is 0 Å². The van der Waals surface area contributed by atoms with Gasteiger partial charge >= 0.3 is 388 Å². The molecule has 8 rings (SSSR count). The number of benzene rings is 8. The number of hydrogen-bond donors (Lipinski definition) is 0. The van der Waals surface area contributed by atoms with Crippen LogP contribution < -0.4 is 14.3 Å². The normalized spacial score (nSPS) is 9.68. The fraction of sp³-hybridized carbons (Fsp3) is 0.0588. The summed E-state index contributed by atoms with van der Waals surface area (Å²) in [5, 5.41) is 0. The molecule has 0 bridgehead atoms. The molecule has 320 valence electrons. The predicted octanol–water partition coefficient (Wildman–Crippen LogP) is 9.91. The first-order valence-corrected chi connectivity index (χ1v) is 28.3. The topological polar surface area (TPSA) is 0 Å². The molecule has 0 fully saturated rings. The molecule has 1 heteroatoms. The summed E-state index contributed by atoms with van der Waals surface area (Å²) in [6, 6.07) is 67.6. The van der Waals surface area contributed by atoms with Gasteiger partial charge in [0.05, 0.1) is 0 Å². The molecule has 0 aliphatic carbocycles. The van der Waals surface area contributed by atoms with E-state index in [2.05, 4.69) is 268 Å². The van der Waals surface area contributed by atoms with Crippen LogP contribution >= 0.6 is 0 Å². The van der Waals surface area contributed by atoms with Crippen LogP contribution in [0.3, 0.4) is 0 Å². The van der Waals surface area contributed by atoms with Crippen molar-refractivity contribution in [2.75, 3.05) is 0 Å². The minimum absolute atomic E-state index is 0.893. The van der Waals surface area contributed by atoms with Crippen LogP contribution in [-0.4, -0.2) is 18.4 Å². The summed E-state index contributed by atoms with van der Waals surface area (Å²) in [7, 11) is 0. The number of rotatable bonds is 4. The van der Waals surface area contributed by atoms with E-state index in [1.807, 2.05) is 48.5 Å². The Labute approximate surface area is 413 Å². The maximum atomic E-state index is 3.28. The van der Waals surface area contributed by atoms with Crippen molar-refractivity contribution in [3.05, 3.63) is 261 Å². The fourth-order valence-electron chi connectivity index (χ4n) is 7.59. The quantitative estimate of drug-likeness (QED) is 0.122. The monoisotopic (exact) mass is 980 g/mol. The molecule has 69 heavy (non-hydrogen) atoms. The minimum atomic E-state index is -4.20. The van der Waals surface area contributed by atoms with Crippen LogP contribution in [0, 0.1) is 122 Å². The third-order valence-electron chi connectivity index (χ3n) is 11.4. The van der Waals surface area contributed by atoms with Crippen molar-refractivity contribution in [2.24, 2.45) is 0 Å². The molecule has 0 N–H and O–H groups in total. The SMILES string of the molecule is Cc1ccc(C#CC#Cc2cc[c]([Sn]([c]3ccc(C#CC#Cc4ccc(C)cc4)cc3)([c]3ccc(C#CC#Cc4ccc(C)cc4)cc3)[c]3ccc(C#CC#Cc4ccc(C)cc4)cc3)cc2)cc1. The van der Waals surface area contributed by atoms with Gasteiger partial charge in [-0.15, -0.1) is 0 Å². The van der Waals surface area contributed by atoms with Gasteiger partial charge in [0.1, 0.15) is 0 Å². The van der Waals surface area contributed by atoms with Crippen molar-refractivity contribution in [2.45, 2.75) is 27.7 Å². The Morgan fingerprint density at radius 2 is 0.319 bits per heavy atom. The van der Waals surface area contributed by atoms with E-state index in [-0.39, 0.29) is 0 Å². The molecule has 8 aromatic carbocycles. The average Bonchev–Trinajstić information content (AvgIpc) is 3.38. The van der Waals surface area contributed by atoms with Crippen molar-refractivity contribution in [3.63, 3.8) is 0 Å². The summed E-state index contributed by atoms with van der Waals surface area (Å²) in [5.41, 5.74) is 12.1. The van der Waals surface area contributed by atoms with Gasteiger partial charge in [0.25, 0.3) is 0 Å². The third-order valence-corrected chi connectivity index (χ3v) is 25.1. The Bertz CT molecular complexity index is 3140. The molecule has 0 aromatic heterocycles. The van der Waals surface area contributed by atoms with E-state index < -0.39 is 18.4 Å².